The Hall–Kier alpha value is -5.88. The number of hydrogen-bond acceptors (Lipinski definition) is 9. The molecule has 0 unspecified atom stereocenters. The summed E-state index contributed by atoms with van der Waals surface area (Å²) in [6, 6.07) is 10.3. The number of H-pyrrole nitrogens is 2. The van der Waals surface area contributed by atoms with Crippen LogP contribution in [0, 0.1) is 0 Å². The summed E-state index contributed by atoms with van der Waals surface area (Å²) in [6.45, 7) is 0.135. The summed E-state index contributed by atoms with van der Waals surface area (Å²) < 4.78 is 0. The van der Waals surface area contributed by atoms with E-state index in [0.717, 1.165) is 16.5 Å². The van der Waals surface area contributed by atoms with Gasteiger partial charge in [-0.05, 0) is 30.0 Å². The highest BCUT2D eigenvalue weighted by molar-refractivity contribution is 7.80. The van der Waals surface area contributed by atoms with Crippen molar-refractivity contribution < 1.29 is 29.1 Å². The Balaban J connectivity index is 1.59. The lowest BCUT2D eigenvalue weighted by atomic mass is 10.0. The zero-order valence-electron chi connectivity index (χ0n) is 28.8. The lowest BCUT2D eigenvalue weighted by Gasteiger charge is -2.26. The maximum absolute atomic E-state index is 14.0. The van der Waals surface area contributed by atoms with Gasteiger partial charge in [-0.3, -0.25) is 24.2 Å². The average Bonchev–Trinajstić information content (AvgIpc) is 3.81. The number of aromatic amines is 2. The largest absolute Gasteiger partial charge is 0.480 e. The first-order valence-corrected chi connectivity index (χ1v) is 17.5. The van der Waals surface area contributed by atoms with Gasteiger partial charge in [0.25, 0.3) is 0 Å². The molecule has 2 aromatic heterocycles. The molecule has 13 N–H and O–H groups in total. The quantitative estimate of drug-likeness (QED) is 0.0233. The molecule has 0 saturated carbocycles. The summed E-state index contributed by atoms with van der Waals surface area (Å²) in [6.07, 6.45) is 5.18. The van der Waals surface area contributed by atoms with Crippen LogP contribution in [0.25, 0.3) is 10.9 Å². The fraction of sp³-hybridized carbons (Fsp3) is 0.343. The summed E-state index contributed by atoms with van der Waals surface area (Å²) in [7, 11) is 0. The molecule has 0 bridgehead atoms. The van der Waals surface area contributed by atoms with Gasteiger partial charge >= 0.3 is 5.97 Å². The highest BCUT2D eigenvalue weighted by Gasteiger charge is 2.32. The molecule has 4 rings (SSSR count). The van der Waals surface area contributed by atoms with E-state index in [1.807, 2.05) is 30.3 Å². The minimum absolute atomic E-state index is 0.0178. The summed E-state index contributed by atoms with van der Waals surface area (Å²) in [5.41, 5.74) is 20.0. The molecule has 4 amide bonds. The average molecular weight is 748 g/mol. The van der Waals surface area contributed by atoms with E-state index in [1.165, 1.54) is 6.33 Å². The van der Waals surface area contributed by atoms with Crippen LogP contribution in [0.2, 0.25) is 0 Å². The number of carbonyl (C=O) groups excluding carboxylic acids is 4. The number of nitrogens with zero attached hydrogens (tertiary/aromatic N) is 2. The van der Waals surface area contributed by atoms with Crippen molar-refractivity contribution in [2.24, 2.45) is 22.2 Å². The molecule has 282 valence electrons. The Morgan fingerprint density at radius 1 is 0.792 bits per heavy atom. The van der Waals surface area contributed by atoms with Gasteiger partial charge in [0.05, 0.1) is 12.4 Å². The molecular formula is C35H45N11O6S. The number of carboxylic acid groups (broad SMARTS) is 1. The fourth-order valence-corrected chi connectivity index (χ4v) is 5.82. The zero-order valence-corrected chi connectivity index (χ0v) is 29.7. The molecule has 0 aliphatic heterocycles. The Kier molecular flexibility index (Phi) is 14.8. The second-order valence-corrected chi connectivity index (χ2v) is 12.7. The molecule has 5 atom stereocenters. The van der Waals surface area contributed by atoms with Crippen molar-refractivity contribution in [2.75, 3.05) is 12.3 Å². The highest BCUT2D eigenvalue weighted by atomic mass is 32.1. The monoisotopic (exact) mass is 747 g/mol. The van der Waals surface area contributed by atoms with Crippen molar-refractivity contribution in [2.45, 2.75) is 62.3 Å². The number of benzene rings is 2. The number of fused-ring (bicyclic) bond motifs is 1. The van der Waals surface area contributed by atoms with E-state index >= 15 is 0 Å². The Morgan fingerprint density at radius 3 is 2.08 bits per heavy atom. The third-order valence-corrected chi connectivity index (χ3v) is 8.72. The van der Waals surface area contributed by atoms with Crippen LogP contribution in [0.4, 0.5) is 0 Å². The summed E-state index contributed by atoms with van der Waals surface area (Å²) in [5, 5.41) is 21.0. The highest BCUT2D eigenvalue weighted by Crippen LogP contribution is 2.19. The number of carboxylic acids is 1. The van der Waals surface area contributed by atoms with Crippen molar-refractivity contribution in [3.05, 3.63) is 90.1 Å². The molecule has 0 fully saturated rings. The molecule has 0 aliphatic carbocycles. The van der Waals surface area contributed by atoms with Crippen LogP contribution >= 0.6 is 12.6 Å². The number of guanidine groups is 1. The van der Waals surface area contributed by atoms with E-state index in [9.17, 15) is 29.1 Å². The number of aliphatic carboxylic acids is 1. The van der Waals surface area contributed by atoms with Gasteiger partial charge in [-0.1, -0.05) is 48.5 Å². The maximum Gasteiger partial charge on any atom is 0.327 e. The molecule has 0 saturated heterocycles. The van der Waals surface area contributed by atoms with Crippen molar-refractivity contribution >= 4 is 59.1 Å². The van der Waals surface area contributed by atoms with Crippen LogP contribution < -0.4 is 38.5 Å². The van der Waals surface area contributed by atoms with Crippen LogP contribution in [-0.2, 0) is 43.2 Å². The molecule has 18 heteroatoms. The predicted molar refractivity (Wildman–Crippen MR) is 202 cm³/mol. The van der Waals surface area contributed by atoms with Crippen LogP contribution in [-0.4, -0.2) is 98.1 Å². The first kappa shape index (κ1) is 39.9. The van der Waals surface area contributed by atoms with E-state index < -0.39 is 59.8 Å². The summed E-state index contributed by atoms with van der Waals surface area (Å²) in [4.78, 5) is 80.5. The lowest BCUT2D eigenvalue weighted by Crippen LogP contribution is -2.59. The second kappa shape index (κ2) is 19.7. The molecule has 2 aromatic carbocycles. The van der Waals surface area contributed by atoms with Gasteiger partial charge in [-0.2, -0.15) is 12.6 Å². The first-order valence-electron chi connectivity index (χ1n) is 16.9. The SMILES string of the molecule is NC(N)=NCCC[C@H](NC(=O)[C@@H](Cc1ccccc1)NC(=O)[C@@H](N)Cc1cnc[nH]1)C(=O)N[C@@H](Cc1c[nH]c2ccccc12)C(=O)N[C@@H](CS)C(=O)O. The van der Waals surface area contributed by atoms with E-state index in [0.29, 0.717) is 11.3 Å². The summed E-state index contributed by atoms with van der Waals surface area (Å²) >= 11 is 4.04. The number of para-hydroxylation sites is 1. The predicted octanol–water partition coefficient (Wildman–Crippen LogP) is -0.747. The zero-order chi connectivity index (χ0) is 38.3. The van der Waals surface area contributed by atoms with Crippen molar-refractivity contribution in [1.82, 2.24) is 36.2 Å². The topological polar surface area (TPSA) is 289 Å². The van der Waals surface area contributed by atoms with Crippen LogP contribution in [0.5, 0.6) is 0 Å². The van der Waals surface area contributed by atoms with Crippen molar-refractivity contribution in [1.29, 1.82) is 0 Å². The standard InChI is InChI=1S/C35H45N11O6S/c36-24(15-22-17-39-19-42-22)30(47)44-27(13-20-7-2-1-3-8-20)32(49)43-26(11-6-12-40-35(37)38)31(48)45-28(33(50)46-29(18-53)34(51)52)14-21-16-41-25-10-5-4-9-23(21)25/h1-5,7-10,16-17,19,24,26-29,41,53H,6,11-15,18,36H2,(H,39,42)(H,43,49)(H,44,47)(H,45,48)(H,46,50)(H,51,52)(H4,37,38,40)/t24-,26-,27+,28-,29-/m0/s1. The Labute approximate surface area is 310 Å². The van der Waals surface area contributed by atoms with Crippen LogP contribution in [0.15, 0.2) is 78.3 Å². The third kappa shape index (κ3) is 12.1. The number of aliphatic imine (C=N–C) groups is 1. The van der Waals surface area contributed by atoms with Gasteiger partial charge in [0.15, 0.2) is 5.96 Å². The van der Waals surface area contributed by atoms with Crippen LogP contribution in [0.1, 0.15) is 29.7 Å². The molecule has 0 aliphatic rings. The van der Waals surface area contributed by atoms with Gasteiger partial charge in [0.2, 0.25) is 23.6 Å². The minimum Gasteiger partial charge on any atom is -0.480 e. The third-order valence-electron chi connectivity index (χ3n) is 8.35. The number of amides is 4. The molecule has 17 nitrogen and oxygen atoms in total. The van der Waals surface area contributed by atoms with Gasteiger partial charge < -0.3 is 53.5 Å². The molecule has 0 radical (unpaired) electrons. The number of aromatic nitrogens is 3. The van der Waals surface area contributed by atoms with Gasteiger partial charge in [-0.15, -0.1) is 0 Å². The molecule has 53 heavy (non-hydrogen) atoms. The number of nitrogens with one attached hydrogen (secondary N) is 6. The molecule has 4 aromatic rings. The van der Waals surface area contributed by atoms with E-state index in [-0.39, 0.29) is 50.4 Å². The Bertz CT molecular complexity index is 1860. The smallest absolute Gasteiger partial charge is 0.327 e. The molecule has 0 spiro atoms. The number of carbonyl (C=O) groups is 5. The molecule has 2 heterocycles. The van der Waals surface area contributed by atoms with Crippen molar-refractivity contribution in [3.8, 4) is 0 Å². The van der Waals surface area contributed by atoms with E-state index in [2.05, 4.69) is 53.8 Å². The normalized spacial score (nSPS) is 13.8. The number of hydrogen-bond donors (Lipinski definition) is 11. The minimum atomic E-state index is -1.33. The van der Waals surface area contributed by atoms with Gasteiger partial charge in [0, 0.05) is 60.6 Å². The first-order chi connectivity index (χ1) is 25.4. The van der Waals surface area contributed by atoms with Gasteiger partial charge in [0.1, 0.15) is 24.2 Å². The maximum atomic E-state index is 14.0. The lowest BCUT2D eigenvalue weighted by molar-refractivity contribution is -0.141. The number of imidazole rings is 1. The van der Waals surface area contributed by atoms with E-state index in [1.54, 1.807) is 36.7 Å². The van der Waals surface area contributed by atoms with Crippen LogP contribution in [0.3, 0.4) is 0 Å². The number of thiol groups is 1. The molecular weight excluding hydrogens is 703 g/mol. The van der Waals surface area contributed by atoms with Crippen molar-refractivity contribution in [3.63, 3.8) is 0 Å². The number of rotatable bonds is 20. The van der Waals surface area contributed by atoms with Gasteiger partial charge in [-0.25, -0.2) is 9.78 Å². The Morgan fingerprint density at radius 2 is 1.42 bits per heavy atom. The number of nitrogens with two attached hydrogens (primary N) is 3. The fourth-order valence-electron chi connectivity index (χ4n) is 5.57. The summed E-state index contributed by atoms with van der Waals surface area (Å²) in [5.74, 6) is -4.43. The van der Waals surface area contributed by atoms with E-state index in [4.69, 9.17) is 17.2 Å². The second-order valence-electron chi connectivity index (χ2n) is 12.4.